The van der Waals surface area contributed by atoms with E-state index in [9.17, 15) is 0 Å². The molecular weight excluding hydrogens is 212 g/mol. The van der Waals surface area contributed by atoms with Gasteiger partial charge in [0.2, 0.25) is 0 Å². The molecule has 0 bridgehead atoms. The van der Waals surface area contributed by atoms with Gasteiger partial charge in [0.05, 0.1) is 0 Å². The second kappa shape index (κ2) is 5.61. The first kappa shape index (κ1) is 11.1. The van der Waals surface area contributed by atoms with Gasteiger partial charge >= 0.3 is 0 Å². The second-order valence-electron chi connectivity index (χ2n) is 3.57. The summed E-state index contributed by atoms with van der Waals surface area (Å²) in [7, 11) is 0. The average molecular weight is 224 g/mol. The third-order valence-electron chi connectivity index (χ3n) is 2.37. The molecule has 2 rings (SSSR count). The van der Waals surface area contributed by atoms with Gasteiger partial charge in [0.15, 0.2) is 0 Å². The minimum absolute atomic E-state index is 0.430. The molecular formula is C13H12N4. The summed E-state index contributed by atoms with van der Waals surface area (Å²) in [6.07, 6.45) is 6.13. The van der Waals surface area contributed by atoms with Crippen LogP contribution in [0.25, 0.3) is 0 Å². The zero-order chi connectivity index (χ0) is 11.9. The third kappa shape index (κ3) is 3.28. The molecule has 0 saturated heterocycles. The van der Waals surface area contributed by atoms with Crippen LogP contribution in [0.4, 0.5) is 5.69 Å². The summed E-state index contributed by atoms with van der Waals surface area (Å²) in [6.45, 7) is 0.818. The highest BCUT2D eigenvalue weighted by Crippen LogP contribution is 2.07. The third-order valence-corrected chi connectivity index (χ3v) is 2.37. The van der Waals surface area contributed by atoms with Gasteiger partial charge in [-0.3, -0.25) is 4.98 Å². The first-order chi connectivity index (χ1) is 8.38. The van der Waals surface area contributed by atoms with Gasteiger partial charge < -0.3 is 5.32 Å². The molecule has 0 aliphatic rings. The highest BCUT2D eigenvalue weighted by Gasteiger charge is 1.96. The van der Waals surface area contributed by atoms with Crippen LogP contribution in [0.5, 0.6) is 0 Å². The predicted molar refractivity (Wildman–Crippen MR) is 65.4 cm³/mol. The van der Waals surface area contributed by atoms with Crippen LogP contribution < -0.4 is 5.32 Å². The molecule has 0 aromatic carbocycles. The standard InChI is InChI=1S/C13H12N4/c14-10-13-9-12(4-8-17-13)16-7-3-11-1-5-15-6-2-11/h1-2,4-6,8-9H,3,7H2,(H,16,17). The molecule has 84 valence electrons. The van der Waals surface area contributed by atoms with Gasteiger partial charge in [-0.05, 0) is 36.2 Å². The molecule has 0 aliphatic heterocycles. The molecule has 1 N–H and O–H groups in total. The fourth-order valence-electron chi connectivity index (χ4n) is 1.50. The largest absolute Gasteiger partial charge is 0.385 e. The van der Waals surface area contributed by atoms with Crippen molar-refractivity contribution in [2.45, 2.75) is 6.42 Å². The summed E-state index contributed by atoms with van der Waals surface area (Å²) in [5, 5.41) is 12.0. The van der Waals surface area contributed by atoms with Gasteiger partial charge in [0, 0.05) is 30.8 Å². The van der Waals surface area contributed by atoms with E-state index >= 15 is 0 Å². The maximum absolute atomic E-state index is 8.72. The molecule has 2 aromatic heterocycles. The molecule has 0 fully saturated rings. The monoisotopic (exact) mass is 224 g/mol. The highest BCUT2D eigenvalue weighted by molar-refractivity contribution is 5.45. The Kier molecular flexibility index (Phi) is 3.66. The van der Waals surface area contributed by atoms with Crippen LogP contribution in [-0.2, 0) is 6.42 Å². The van der Waals surface area contributed by atoms with Crippen molar-refractivity contribution >= 4 is 5.69 Å². The Labute approximate surface area is 100.0 Å². The lowest BCUT2D eigenvalue weighted by Crippen LogP contribution is -2.05. The summed E-state index contributed by atoms with van der Waals surface area (Å²) in [6, 6.07) is 9.60. The van der Waals surface area contributed by atoms with Crippen molar-refractivity contribution in [2.24, 2.45) is 0 Å². The zero-order valence-electron chi connectivity index (χ0n) is 9.30. The lowest BCUT2D eigenvalue weighted by atomic mass is 10.2. The van der Waals surface area contributed by atoms with Crippen molar-refractivity contribution in [3.8, 4) is 6.07 Å². The van der Waals surface area contributed by atoms with Crippen molar-refractivity contribution in [3.05, 3.63) is 54.1 Å². The van der Waals surface area contributed by atoms with E-state index in [1.54, 1.807) is 24.7 Å². The molecule has 2 aromatic rings. The number of nitrogens with one attached hydrogen (secondary N) is 1. The quantitative estimate of drug-likeness (QED) is 0.862. The molecule has 17 heavy (non-hydrogen) atoms. The Morgan fingerprint density at radius 2 is 2.00 bits per heavy atom. The SMILES string of the molecule is N#Cc1cc(NCCc2ccncc2)ccn1. The second-order valence-corrected chi connectivity index (χ2v) is 3.57. The van der Waals surface area contributed by atoms with Crippen molar-refractivity contribution in [2.75, 3.05) is 11.9 Å². The number of anilines is 1. The minimum atomic E-state index is 0.430. The van der Waals surface area contributed by atoms with Gasteiger partial charge in [0.1, 0.15) is 11.8 Å². The number of pyridine rings is 2. The lowest BCUT2D eigenvalue weighted by Gasteiger charge is -2.05. The molecule has 0 amide bonds. The lowest BCUT2D eigenvalue weighted by molar-refractivity contribution is 1.01. The van der Waals surface area contributed by atoms with Gasteiger partial charge in [-0.1, -0.05) is 0 Å². The van der Waals surface area contributed by atoms with E-state index in [4.69, 9.17) is 5.26 Å². The number of hydrogen-bond donors (Lipinski definition) is 1. The molecule has 0 spiro atoms. The Hall–Kier alpha value is -2.41. The smallest absolute Gasteiger partial charge is 0.142 e. The topological polar surface area (TPSA) is 61.6 Å². The van der Waals surface area contributed by atoms with Crippen LogP contribution in [0.15, 0.2) is 42.9 Å². The Bertz CT molecular complexity index is 516. The minimum Gasteiger partial charge on any atom is -0.385 e. The number of aromatic nitrogens is 2. The number of nitriles is 1. The van der Waals surface area contributed by atoms with Gasteiger partial charge in [0.25, 0.3) is 0 Å². The van der Waals surface area contributed by atoms with Crippen molar-refractivity contribution in [1.29, 1.82) is 5.26 Å². The Morgan fingerprint density at radius 3 is 2.76 bits per heavy atom. The van der Waals surface area contributed by atoms with E-state index in [0.29, 0.717) is 5.69 Å². The molecule has 0 atom stereocenters. The molecule has 0 aliphatic carbocycles. The van der Waals surface area contributed by atoms with E-state index in [1.807, 2.05) is 24.3 Å². The summed E-state index contributed by atoms with van der Waals surface area (Å²) in [4.78, 5) is 7.88. The van der Waals surface area contributed by atoms with Crippen LogP contribution in [-0.4, -0.2) is 16.5 Å². The summed E-state index contributed by atoms with van der Waals surface area (Å²) in [5.74, 6) is 0. The first-order valence-electron chi connectivity index (χ1n) is 5.37. The van der Waals surface area contributed by atoms with E-state index < -0.39 is 0 Å². The Morgan fingerprint density at radius 1 is 1.18 bits per heavy atom. The molecule has 4 nitrogen and oxygen atoms in total. The van der Waals surface area contributed by atoms with E-state index in [1.165, 1.54) is 5.56 Å². The van der Waals surface area contributed by atoms with Crippen molar-refractivity contribution in [3.63, 3.8) is 0 Å². The molecule has 4 heteroatoms. The average Bonchev–Trinajstić information content (AvgIpc) is 2.40. The van der Waals surface area contributed by atoms with Crippen LogP contribution in [0.3, 0.4) is 0 Å². The van der Waals surface area contributed by atoms with Crippen LogP contribution >= 0.6 is 0 Å². The number of hydrogen-bond acceptors (Lipinski definition) is 4. The highest BCUT2D eigenvalue weighted by atomic mass is 14.9. The molecule has 0 saturated carbocycles. The van der Waals surface area contributed by atoms with Gasteiger partial charge in [-0.15, -0.1) is 0 Å². The van der Waals surface area contributed by atoms with Gasteiger partial charge in [-0.2, -0.15) is 5.26 Å². The fourth-order valence-corrected chi connectivity index (χ4v) is 1.50. The van der Waals surface area contributed by atoms with Crippen LogP contribution in [0, 0.1) is 11.3 Å². The van der Waals surface area contributed by atoms with Crippen LogP contribution in [0.2, 0.25) is 0 Å². The number of nitrogens with zero attached hydrogens (tertiary/aromatic N) is 3. The van der Waals surface area contributed by atoms with Crippen LogP contribution in [0.1, 0.15) is 11.3 Å². The van der Waals surface area contributed by atoms with E-state index in [0.717, 1.165) is 18.7 Å². The summed E-state index contributed by atoms with van der Waals surface area (Å²) >= 11 is 0. The zero-order valence-corrected chi connectivity index (χ0v) is 9.30. The predicted octanol–water partition coefficient (Wildman–Crippen LogP) is 2.00. The normalized spacial score (nSPS) is 9.59. The maximum Gasteiger partial charge on any atom is 0.142 e. The summed E-state index contributed by atoms with van der Waals surface area (Å²) in [5.41, 5.74) is 2.59. The van der Waals surface area contributed by atoms with E-state index in [2.05, 4.69) is 15.3 Å². The van der Waals surface area contributed by atoms with Crippen molar-refractivity contribution in [1.82, 2.24) is 9.97 Å². The Balaban J connectivity index is 1.88. The van der Waals surface area contributed by atoms with E-state index in [-0.39, 0.29) is 0 Å². The fraction of sp³-hybridized carbons (Fsp3) is 0.154. The molecule has 0 unspecified atom stereocenters. The summed E-state index contributed by atoms with van der Waals surface area (Å²) < 4.78 is 0. The molecule has 0 radical (unpaired) electrons. The number of rotatable bonds is 4. The van der Waals surface area contributed by atoms with Gasteiger partial charge in [-0.25, -0.2) is 4.98 Å². The van der Waals surface area contributed by atoms with Crippen molar-refractivity contribution < 1.29 is 0 Å². The molecule has 2 heterocycles. The maximum atomic E-state index is 8.72. The first-order valence-corrected chi connectivity index (χ1v) is 5.37.